The van der Waals surface area contributed by atoms with Crippen LogP contribution in [0.3, 0.4) is 0 Å². The maximum atomic E-state index is 11.9. The van der Waals surface area contributed by atoms with Crippen LogP contribution >= 0.6 is 31.9 Å². The first-order valence-electron chi connectivity index (χ1n) is 6.59. The van der Waals surface area contributed by atoms with E-state index in [0.29, 0.717) is 16.8 Å². The highest BCUT2D eigenvalue weighted by Gasteiger charge is 2.03. The normalized spacial score (nSPS) is 11.6. The van der Waals surface area contributed by atoms with Gasteiger partial charge in [-0.25, -0.2) is 9.78 Å². The third kappa shape index (κ3) is 3.36. The smallest absolute Gasteiger partial charge is 0.347 e. The first-order chi connectivity index (χ1) is 10.6. The summed E-state index contributed by atoms with van der Waals surface area (Å²) in [6.45, 7) is 0. The summed E-state index contributed by atoms with van der Waals surface area (Å²) in [6, 6.07) is 15.1. The fraction of sp³-hybridized carbons (Fsp3) is 0.0588. The first kappa shape index (κ1) is 15.2. The summed E-state index contributed by atoms with van der Waals surface area (Å²) in [7, 11) is 0. The fourth-order valence-corrected chi connectivity index (χ4v) is 2.64. The van der Waals surface area contributed by atoms with Crippen LogP contribution in [0.15, 0.2) is 57.7 Å². The largest absolute Gasteiger partial charge is 0.404 e. The monoisotopic (exact) mass is 419 g/mol. The first-order valence-corrected chi connectivity index (χ1v) is 8.43. The third-order valence-corrected chi connectivity index (χ3v) is 4.22. The highest BCUT2D eigenvalue weighted by atomic mass is 79.9. The Kier molecular flexibility index (Phi) is 4.55. The molecular weight excluding hydrogens is 410 g/mol. The minimum atomic E-state index is -0.373. The Morgan fingerprint density at radius 2 is 1.73 bits per heavy atom. The number of nitrogens with zero attached hydrogens (tertiary/aromatic N) is 1. The summed E-state index contributed by atoms with van der Waals surface area (Å²) in [6.07, 6.45) is 3.56. The molecule has 2 aromatic carbocycles. The quantitative estimate of drug-likeness (QED) is 0.550. The van der Waals surface area contributed by atoms with E-state index >= 15 is 0 Å². The van der Waals surface area contributed by atoms with Crippen molar-refractivity contribution in [1.29, 1.82) is 0 Å². The molecule has 22 heavy (non-hydrogen) atoms. The van der Waals surface area contributed by atoms with E-state index in [1.165, 1.54) is 0 Å². The molecule has 0 aliphatic heterocycles. The molecule has 3 rings (SSSR count). The number of hydrogen-bond donors (Lipinski definition) is 0. The van der Waals surface area contributed by atoms with Gasteiger partial charge in [0.05, 0.1) is 14.6 Å². The van der Waals surface area contributed by atoms with Gasteiger partial charge < -0.3 is 4.42 Å². The van der Waals surface area contributed by atoms with Crippen molar-refractivity contribution in [2.24, 2.45) is 0 Å². The molecule has 5 heteroatoms. The Morgan fingerprint density at radius 1 is 1.00 bits per heavy atom. The van der Waals surface area contributed by atoms with Crippen LogP contribution in [0.4, 0.5) is 0 Å². The van der Waals surface area contributed by atoms with Crippen molar-refractivity contribution in [2.75, 3.05) is 0 Å². The molecule has 0 aliphatic carbocycles. The standard InChI is InChI=1S/C17H11Br2NO2/c18-16(19)12-8-5-11(6-9-12)7-10-15-20-14-4-2-1-3-13(14)17(21)22-15/h1-10,16H/b10-7+. The predicted molar refractivity (Wildman–Crippen MR) is 96.2 cm³/mol. The van der Waals surface area contributed by atoms with Gasteiger partial charge in [-0.1, -0.05) is 68.3 Å². The molecule has 110 valence electrons. The van der Waals surface area contributed by atoms with Gasteiger partial charge in [0.2, 0.25) is 5.89 Å². The molecule has 0 saturated carbocycles. The van der Waals surface area contributed by atoms with Gasteiger partial charge in [-0.05, 0) is 29.3 Å². The van der Waals surface area contributed by atoms with Crippen LogP contribution in [0.25, 0.3) is 23.1 Å². The highest BCUT2D eigenvalue weighted by molar-refractivity contribution is 9.24. The molecule has 0 N–H and O–H groups in total. The number of fused-ring (bicyclic) bond motifs is 1. The van der Waals surface area contributed by atoms with Crippen molar-refractivity contribution in [2.45, 2.75) is 3.74 Å². The lowest BCUT2D eigenvalue weighted by Gasteiger charge is -2.01. The zero-order valence-corrected chi connectivity index (χ0v) is 14.5. The van der Waals surface area contributed by atoms with E-state index in [1.807, 2.05) is 36.4 Å². The predicted octanol–water partition coefficient (Wildman–Crippen LogP) is 5.15. The SMILES string of the molecule is O=c1oc(/C=C/c2ccc(C(Br)Br)cc2)nc2ccccc12. The van der Waals surface area contributed by atoms with E-state index in [0.717, 1.165) is 11.1 Å². The van der Waals surface area contributed by atoms with Crippen molar-refractivity contribution >= 4 is 54.9 Å². The zero-order chi connectivity index (χ0) is 15.5. The van der Waals surface area contributed by atoms with Gasteiger partial charge in [0, 0.05) is 6.08 Å². The minimum Gasteiger partial charge on any atom is -0.404 e. The van der Waals surface area contributed by atoms with E-state index in [2.05, 4.69) is 36.8 Å². The molecule has 0 atom stereocenters. The van der Waals surface area contributed by atoms with Gasteiger partial charge in [-0.2, -0.15) is 0 Å². The molecule has 0 spiro atoms. The van der Waals surface area contributed by atoms with Gasteiger partial charge in [0.25, 0.3) is 0 Å². The number of hydrogen-bond acceptors (Lipinski definition) is 3. The number of alkyl halides is 2. The Labute approximate surface area is 143 Å². The molecule has 1 heterocycles. The van der Waals surface area contributed by atoms with Crippen LogP contribution in [0, 0.1) is 0 Å². The van der Waals surface area contributed by atoms with Crippen LogP contribution in [-0.2, 0) is 0 Å². The molecule has 0 amide bonds. The number of benzene rings is 2. The molecule has 1 aromatic heterocycles. The van der Waals surface area contributed by atoms with Crippen LogP contribution in [0.2, 0.25) is 0 Å². The van der Waals surface area contributed by atoms with Gasteiger partial charge in [-0.3, -0.25) is 0 Å². The summed E-state index contributed by atoms with van der Waals surface area (Å²) in [5.41, 5.74) is 2.40. The Balaban J connectivity index is 1.90. The second-order valence-electron chi connectivity index (χ2n) is 4.66. The molecular formula is C17H11Br2NO2. The Morgan fingerprint density at radius 3 is 2.45 bits per heavy atom. The van der Waals surface area contributed by atoms with E-state index in [-0.39, 0.29) is 9.36 Å². The Hall–Kier alpha value is -1.72. The number of para-hydroxylation sites is 1. The fourth-order valence-electron chi connectivity index (χ4n) is 2.03. The van der Waals surface area contributed by atoms with Crippen molar-refractivity contribution in [3.63, 3.8) is 0 Å². The lowest BCUT2D eigenvalue weighted by Crippen LogP contribution is -2.02. The van der Waals surface area contributed by atoms with Crippen LogP contribution in [0.1, 0.15) is 20.8 Å². The molecule has 3 aromatic rings. The molecule has 0 saturated heterocycles. The third-order valence-electron chi connectivity index (χ3n) is 3.16. The zero-order valence-electron chi connectivity index (χ0n) is 11.4. The van der Waals surface area contributed by atoms with Crippen LogP contribution < -0.4 is 5.63 Å². The molecule has 0 aliphatic rings. The van der Waals surface area contributed by atoms with Crippen molar-refractivity contribution in [1.82, 2.24) is 4.98 Å². The average molecular weight is 421 g/mol. The van der Waals surface area contributed by atoms with Crippen molar-refractivity contribution in [3.05, 3.63) is 76.0 Å². The van der Waals surface area contributed by atoms with Gasteiger partial charge in [0.15, 0.2) is 0 Å². The van der Waals surface area contributed by atoms with Crippen LogP contribution in [-0.4, -0.2) is 4.98 Å². The van der Waals surface area contributed by atoms with Gasteiger partial charge in [0.1, 0.15) is 0 Å². The number of aromatic nitrogens is 1. The van der Waals surface area contributed by atoms with Crippen molar-refractivity contribution < 1.29 is 4.42 Å². The molecule has 0 radical (unpaired) electrons. The number of halogens is 2. The molecule has 0 bridgehead atoms. The lowest BCUT2D eigenvalue weighted by molar-refractivity contribution is 0.491. The number of rotatable bonds is 3. The molecule has 0 unspecified atom stereocenters. The summed E-state index contributed by atoms with van der Waals surface area (Å²) < 4.78 is 5.34. The van der Waals surface area contributed by atoms with Gasteiger partial charge in [-0.15, -0.1) is 0 Å². The maximum Gasteiger partial charge on any atom is 0.347 e. The topological polar surface area (TPSA) is 43.1 Å². The van der Waals surface area contributed by atoms with E-state index in [9.17, 15) is 4.79 Å². The average Bonchev–Trinajstić information content (AvgIpc) is 2.53. The molecule has 3 nitrogen and oxygen atoms in total. The van der Waals surface area contributed by atoms with Crippen LogP contribution in [0.5, 0.6) is 0 Å². The summed E-state index contributed by atoms with van der Waals surface area (Å²) >= 11 is 6.91. The lowest BCUT2D eigenvalue weighted by atomic mass is 10.1. The van der Waals surface area contributed by atoms with E-state index < -0.39 is 0 Å². The maximum absolute atomic E-state index is 11.9. The summed E-state index contributed by atoms with van der Waals surface area (Å²) in [4.78, 5) is 16.2. The Bertz CT molecular complexity index is 883. The summed E-state index contributed by atoms with van der Waals surface area (Å²) in [5, 5.41) is 0.490. The minimum absolute atomic E-state index is 0.137. The summed E-state index contributed by atoms with van der Waals surface area (Å²) in [5.74, 6) is 0.298. The molecule has 0 fully saturated rings. The van der Waals surface area contributed by atoms with Crippen molar-refractivity contribution in [3.8, 4) is 0 Å². The highest BCUT2D eigenvalue weighted by Crippen LogP contribution is 2.29. The van der Waals surface area contributed by atoms with E-state index in [4.69, 9.17) is 4.42 Å². The van der Waals surface area contributed by atoms with E-state index in [1.54, 1.807) is 24.3 Å². The van der Waals surface area contributed by atoms with Gasteiger partial charge >= 0.3 is 5.63 Å². The second-order valence-corrected chi connectivity index (χ2v) is 7.72. The second kappa shape index (κ2) is 6.58.